The second-order valence-corrected chi connectivity index (χ2v) is 6.11. The number of hydrogen-bond donors (Lipinski definition) is 2. The summed E-state index contributed by atoms with van der Waals surface area (Å²) in [6, 6.07) is 11.0. The van der Waals surface area contributed by atoms with Crippen LogP contribution in [0.25, 0.3) is 0 Å². The fraction of sp³-hybridized carbons (Fsp3) is 0.350. The molecule has 1 unspecified atom stereocenters. The van der Waals surface area contributed by atoms with Gasteiger partial charge in [0, 0.05) is 11.6 Å². The van der Waals surface area contributed by atoms with E-state index < -0.39 is 0 Å². The number of likely N-dealkylation sites (N-methyl/N-ethyl adjacent to an activating group) is 1. The molecule has 7 nitrogen and oxygen atoms in total. The lowest BCUT2D eigenvalue weighted by Gasteiger charge is -2.16. The highest BCUT2D eigenvalue weighted by Gasteiger charge is 2.15. The van der Waals surface area contributed by atoms with Crippen molar-refractivity contribution in [3.63, 3.8) is 0 Å². The molecule has 2 N–H and O–H groups in total. The Kier molecular flexibility index (Phi) is 7.31. The zero-order valence-corrected chi connectivity index (χ0v) is 16.4. The third-order valence-electron chi connectivity index (χ3n) is 4.10. The summed E-state index contributed by atoms with van der Waals surface area (Å²) in [7, 11) is 8.31. The summed E-state index contributed by atoms with van der Waals surface area (Å²) in [4.78, 5) is 13.4. The first-order valence-corrected chi connectivity index (χ1v) is 8.54. The SMILES string of the molecule is COc1ccc(NC(=O)C[NH+](C)Cc2ccc(OC)c(OC)c2)c(OC)c1. The lowest BCUT2D eigenvalue weighted by Crippen LogP contribution is -3.08. The normalized spacial score (nSPS) is 11.4. The molecule has 2 rings (SSSR count). The highest BCUT2D eigenvalue weighted by molar-refractivity contribution is 5.93. The molecule has 0 aliphatic rings. The van der Waals surface area contributed by atoms with Crippen LogP contribution in [0.5, 0.6) is 23.0 Å². The van der Waals surface area contributed by atoms with Gasteiger partial charge in [-0.15, -0.1) is 0 Å². The Hall–Kier alpha value is -2.93. The van der Waals surface area contributed by atoms with E-state index in [1.807, 2.05) is 25.2 Å². The molecule has 0 bridgehead atoms. The van der Waals surface area contributed by atoms with Gasteiger partial charge in [0.1, 0.15) is 18.0 Å². The standard InChI is InChI=1S/C20H26N2O5/c1-22(12-14-6-9-17(25-3)19(10-14)27-5)13-20(23)21-16-8-7-15(24-2)11-18(16)26-4/h6-11H,12-13H2,1-5H3,(H,21,23)/p+1. The van der Waals surface area contributed by atoms with E-state index in [-0.39, 0.29) is 5.91 Å². The minimum Gasteiger partial charge on any atom is -0.497 e. The zero-order valence-electron chi connectivity index (χ0n) is 16.4. The molecule has 2 aromatic carbocycles. The van der Waals surface area contributed by atoms with Crippen LogP contribution in [0.3, 0.4) is 0 Å². The van der Waals surface area contributed by atoms with Crippen molar-refractivity contribution in [1.82, 2.24) is 0 Å². The minimum absolute atomic E-state index is 0.101. The van der Waals surface area contributed by atoms with Gasteiger partial charge in [0.2, 0.25) is 0 Å². The molecule has 7 heteroatoms. The third-order valence-corrected chi connectivity index (χ3v) is 4.10. The number of ether oxygens (including phenoxy) is 4. The Balaban J connectivity index is 1.98. The average molecular weight is 375 g/mol. The van der Waals surface area contributed by atoms with Crippen molar-refractivity contribution >= 4 is 11.6 Å². The molecule has 0 radical (unpaired) electrons. The van der Waals surface area contributed by atoms with E-state index in [0.717, 1.165) is 10.5 Å². The van der Waals surface area contributed by atoms with Gasteiger partial charge in [-0.05, 0) is 30.3 Å². The van der Waals surface area contributed by atoms with E-state index in [1.165, 1.54) is 0 Å². The summed E-state index contributed by atoms with van der Waals surface area (Å²) in [5, 5.41) is 2.89. The van der Waals surface area contributed by atoms with Crippen molar-refractivity contribution in [1.29, 1.82) is 0 Å². The molecule has 146 valence electrons. The minimum atomic E-state index is -0.101. The van der Waals surface area contributed by atoms with Crippen LogP contribution in [0, 0.1) is 0 Å². The number of amides is 1. The maximum absolute atomic E-state index is 12.4. The Morgan fingerprint density at radius 2 is 1.59 bits per heavy atom. The topological polar surface area (TPSA) is 70.5 Å². The van der Waals surface area contributed by atoms with Gasteiger partial charge in [-0.2, -0.15) is 0 Å². The average Bonchev–Trinajstić information content (AvgIpc) is 2.67. The molecular weight excluding hydrogens is 348 g/mol. The number of carbonyl (C=O) groups is 1. The van der Waals surface area contributed by atoms with E-state index in [4.69, 9.17) is 18.9 Å². The molecule has 0 aromatic heterocycles. The molecule has 0 fully saturated rings. The largest absolute Gasteiger partial charge is 0.497 e. The molecule has 0 aliphatic carbocycles. The molecular formula is C20H27N2O5+. The summed E-state index contributed by atoms with van der Waals surface area (Å²) < 4.78 is 21.1. The molecule has 2 aromatic rings. The van der Waals surface area contributed by atoms with Crippen LogP contribution in [0.4, 0.5) is 5.69 Å². The fourth-order valence-corrected chi connectivity index (χ4v) is 2.77. The number of anilines is 1. The summed E-state index contributed by atoms with van der Waals surface area (Å²) in [6.45, 7) is 0.983. The Morgan fingerprint density at radius 1 is 0.889 bits per heavy atom. The Labute approximate surface area is 159 Å². The second kappa shape index (κ2) is 9.68. The van der Waals surface area contributed by atoms with Crippen molar-refractivity contribution in [3.8, 4) is 23.0 Å². The summed E-state index contributed by atoms with van der Waals surface area (Å²) >= 11 is 0. The van der Waals surface area contributed by atoms with Crippen LogP contribution in [0.15, 0.2) is 36.4 Å². The monoisotopic (exact) mass is 375 g/mol. The van der Waals surface area contributed by atoms with Gasteiger partial charge in [-0.25, -0.2) is 0 Å². The number of methoxy groups -OCH3 is 4. The first-order chi connectivity index (χ1) is 13.0. The van der Waals surface area contributed by atoms with Gasteiger partial charge in [0.25, 0.3) is 5.91 Å². The zero-order chi connectivity index (χ0) is 19.8. The van der Waals surface area contributed by atoms with Gasteiger partial charge in [-0.3, -0.25) is 4.79 Å². The lowest BCUT2D eigenvalue weighted by molar-refractivity contribution is -0.885. The fourth-order valence-electron chi connectivity index (χ4n) is 2.77. The van der Waals surface area contributed by atoms with Crippen LogP contribution >= 0.6 is 0 Å². The molecule has 1 amide bonds. The lowest BCUT2D eigenvalue weighted by atomic mass is 10.2. The molecule has 0 aliphatic heterocycles. The quantitative estimate of drug-likeness (QED) is 0.693. The summed E-state index contributed by atoms with van der Waals surface area (Å²) in [6.07, 6.45) is 0. The Morgan fingerprint density at radius 3 is 2.22 bits per heavy atom. The number of hydrogen-bond acceptors (Lipinski definition) is 5. The Bertz CT molecular complexity index is 779. The van der Waals surface area contributed by atoms with Crippen molar-refractivity contribution in [3.05, 3.63) is 42.0 Å². The van der Waals surface area contributed by atoms with Crippen molar-refractivity contribution in [2.75, 3.05) is 47.3 Å². The van der Waals surface area contributed by atoms with Crippen LogP contribution in [-0.2, 0) is 11.3 Å². The first kappa shape index (κ1) is 20.4. The van der Waals surface area contributed by atoms with E-state index in [9.17, 15) is 4.79 Å². The summed E-state index contributed by atoms with van der Waals surface area (Å²) in [5.74, 6) is 2.48. The maximum atomic E-state index is 12.4. The number of nitrogens with one attached hydrogen (secondary N) is 2. The van der Waals surface area contributed by atoms with Gasteiger partial charge in [0.15, 0.2) is 18.0 Å². The maximum Gasteiger partial charge on any atom is 0.279 e. The highest BCUT2D eigenvalue weighted by atomic mass is 16.5. The van der Waals surface area contributed by atoms with Crippen molar-refractivity contribution < 1.29 is 28.6 Å². The molecule has 0 saturated carbocycles. The van der Waals surface area contributed by atoms with Crippen molar-refractivity contribution in [2.24, 2.45) is 0 Å². The van der Waals surface area contributed by atoms with E-state index in [1.54, 1.807) is 46.6 Å². The van der Waals surface area contributed by atoms with Gasteiger partial charge in [-0.1, -0.05) is 0 Å². The van der Waals surface area contributed by atoms with Gasteiger partial charge in [0.05, 0.1) is 41.2 Å². The predicted octanol–water partition coefficient (Wildman–Crippen LogP) is 1.37. The third kappa shape index (κ3) is 5.52. The van der Waals surface area contributed by atoms with E-state index in [2.05, 4.69) is 5.32 Å². The van der Waals surface area contributed by atoms with Crippen LogP contribution in [-0.4, -0.2) is 47.9 Å². The van der Waals surface area contributed by atoms with Crippen LogP contribution < -0.4 is 29.2 Å². The van der Waals surface area contributed by atoms with Crippen molar-refractivity contribution in [2.45, 2.75) is 6.54 Å². The molecule has 0 saturated heterocycles. The molecule has 0 heterocycles. The first-order valence-electron chi connectivity index (χ1n) is 8.54. The number of benzene rings is 2. The number of carbonyl (C=O) groups excluding carboxylic acids is 1. The second-order valence-electron chi connectivity index (χ2n) is 6.11. The molecule has 27 heavy (non-hydrogen) atoms. The van der Waals surface area contributed by atoms with Crippen LogP contribution in [0.2, 0.25) is 0 Å². The molecule has 0 spiro atoms. The van der Waals surface area contributed by atoms with Gasteiger partial charge < -0.3 is 29.2 Å². The molecule has 1 atom stereocenters. The predicted molar refractivity (Wildman–Crippen MR) is 103 cm³/mol. The number of rotatable bonds is 9. The summed E-state index contributed by atoms with van der Waals surface area (Å²) in [5.41, 5.74) is 1.67. The highest BCUT2D eigenvalue weighted by Crippen LogP contribution is 2.29. The van der Waals surface area contributed by atoms with E-state index in [0.29, 0.717) is 41.8 Å². The van der Waals surface area contributed by atoms with Crippen LogP contribution in [0.1, 0.15) is 5.56 Å². The van der Waals surface area contributed by atoms with Gasteiger partial charge >= 0.3 is 0 Å². The van der Waals surface area contributed by atoms with E-state index >= 15 is 0 Å². The number of quaternary nitrogens is 1. The smallest absolute Gasteiger partial charge is 0.279 e.